The maximum absolute atomic E-state index is 13.7. The van der Waals surface area contributed by atoms with E-state index in [1.54, 1.807) is 13.2 Å². The van der Waals surface area contributed by atoms with E-state index in [4.69, 9.17) is 9.47 Å². The monoisotopic (exact) mass is 252 g/mol. The normalized spacial score (nSPS) is 25.4. The van der Waals surface area contributed by atoms with E-state index in [9.17, 15) is 4.39 Å². The molecule has 1 aromatic rings. The summed E-state index contributed by atoms with van der Waals surface area (Å²) >= 11 is 0. The molecule has 2 unspecified atom stereocenters. The summed E-state index contributed by atoms with van der Waals surface area (Å²) in [7, 11) is 3.23. The van der Waals surface area contributed by atoms with E-state index < -0.39 is 0 Å². The topological polar surface area (TPSA) is 33.7 Å². The molecule has 5 heteroatoms. The lowest BCUT2D eigenvalue weighted by atomic mass is 10.1. The molecule has 0 radical (unpaired) electrons. The van der Waals surface area contributed by atoms with Crippen molar-refractivity contribution in [2.75, 3.05) is 37.5 Å². The summed E-state index contributed by atoms with van der Waals surface area (Å²) in [5.74, 6) is -0.0400. The van der Waals surface area contributed by atoms with Crippen LogP contribution in [0, 0.1) is 5.82 Å². The standard InChI is InChI=1S/C13H17FN2O2/c1-17-9-3-8-6-15-11-4-10(14)13(18-2)5-12(11)16(8)7-9/h4-5,8-9,15H,3,6-7H2,1-2H3. The van der Waals surface area contributed by atoms with E-state index in [0.29, 0.717) is 6.04 Å². The summed E-state index contributed by atoms with van der Waals surface area (Å²) in [4.78, 5) is 2.28. The smallest absolute Gasteiger partial charge is 0.167 e. The van der Waals surface area contributed by atoms with E-state index in [1.165, 1.54) is 13.2 Å². The van der Waals surface area contributed by atoms with E-state index in [0.717, 1.165) is 30.9 Å². The minimum absolute atomic E-state index is 0.249. The highest BCUT2D eigenvalue weighted by Gasteiger charge is 2.36. The molecular formula is C13H17FN2O2. The molecule has 2 heterocycles. The van der Waals surface area contributed by atoms with Crippen molar-refractivity contribution in [1.82, 2.24) is 0 Å². The Labute approximate surface area is 106 Å². The zero-order valence-corrected chi connectivity index (χ0v) is 10.6. The molecule has 2 aliphatic rings. The second kappa shape index (κ2) is 4.31. The molecule has 3 rings (SSSR count). The number of halogens is 1. The minimum atomic E-state index is -0.329. The first kappa shape index (κ1) is 11.6. The lowest BCUT2D eigenvalue weighted by molar-refractivity contribution is 0.118. The van der Waals surface area contributed by atoms with Crippen molar-refractivity contribution in [3.05, 3.63) is 17.9 Å². The number of rotatable bonds is 2. The molecule has 2 aliphatic heterocycles. The van der Waals surface area contributed by atoms with E-state index in [-0.39, 0.29) is 17.7 Å². The Morgan fingerprint density at radius 2 is 2.22 bits per heavy atom. The quantitative estimate of drug-likeness (QED) is 0.871. The minimum Gasteiger partial charge on any atom is -0.494 e. The van der Waals surface area contributed by atoms with Crippen molar-refractivity contribution < 1.29 is 13.9 Å². The van der Waals surface area contributed by atoms with Crippen molar-refractivity contribution in [3.63, 3.8) is 0 Å². The fourth-order valence-electron chi connectivity index (χ4n) is 2.84. The Bertz CT molecular complexity index is 467. The maximum atomic E-state index is 13.7. The number of nitrogens with zero attached hydrogens (tertiary/aromatic N) is 1. The van der Waals surface area contributed by atoms with Crippen molar-refractivity contribution in [2.45, 2.75) is 18.6 Å². The first-order valence-corrected chi connectivity index (χ1v) is 6.13. The summed E-state index contributed by atoms with van der Waals surface area (Å²) in [6.45, 7) is 1.68. The number of fused-ring (bicyclic) bond motifs is 3. The van der Waals surface area contributed by atoms with E-state index >= 15 is 0 Å². The molecule has 1 saturated heterocycles. The molecule has 0 aliphatic carbocycles. The first-order chi connectivity index (χ1) is 8.72. The Morgan fingerprint density at radius 3 is 2.94 bits per heavy atom. The van der Waals surface area contributed by atoms with E-state index in [2.05, 4.69) is 10.2 Å². The van der Waals surface area contributed by atoms with Crippen LogP contribution in [0.2, 0.25) is 0 Å². The van der Waals surface area contributed by atoms with Gasteiger partial charge in [0.2, 0.25) is 0 Å². The Balaban J connectivity index is 1.98. The molecule has 0 aromatic heterocycles. The predicted molar refractivity (Wildman–Crippen MR) is 68.0 cm³/mol. The molecule has 1 N–H and O–H groups in total. The Kier molecular flexibility index (Phi) is 2.78. The van der Waals surface area contributed by atoms with Gasteiger partial charge in [0.25, 0.3) is 0 Å². The van der Waals surface area contributed by atoms with Crippen molar-refractivity contribution in [3.8, 4) is 5.75 Å². The van der Waals surface area contributed by atoms with E-state index in [1.807, 2.05) is 0 Å². The SMILES string of the molecule is COc1cc2c(cc1F)NCC1CC(OC)CN21. The third-order valence-corrected chi connectivity index (χ3v) is 3.82. The summed E-state index contributed by atoms with van der Waals surface area (Å²) in [6.07, 6.45) is 1.25. The van der Waals surface area contributed by atoms with Crippen LogP contribution in [-0.4, -0.2) is 39.5 Å². The number of ether oxygens (including phenoxy) is 2. The van der Waals surface area contributed by atoms with Crippen molar-refractivity contribution in [1.29, 1.82) is 0 Å². The number of anilines is 2. The van der Waals surface area contributed by atoms with Gasteiger partial charge in [-0.2, -0.15) is 0 Å². The van der Waals surface area contributed by atoms with Crippen molar-refractivity contribution >= 4 is 11.4 Å². The van der Waals surface area contributed by atoms with Crippen molar-refractivity contribution in [2.24, 2.45) is 0 Å². The molecule has 0 amide bonds. The zero-order chi connectivity index (χ0) is 12.7. The zero-order valence-electron chi connectivity index (χ0n) is 10.6. The van der Waals surface area contributed by atoms with Crippen LogP contribution in [0.3, 0.4) is 0 Å². The molecule has 1 fully saturated rings. The molecule has 0 spiro atoms. The Hall–Kier alpha value is -1.49. The van der Waals surface area contributed by atoms with Gasteiger partial charge in [-0.1, -0.05) is 0 Å². The summed E-state index contributed by atoms with van der Waals surface area (Å²) in [5.41, 5.74) is 1.84. The van der Waals surface area contributed by atoms with Crippen LogP contribution in [0.1, 0.15) is 6.42 Å². The van der Waals surface area contributed by atoms with Gasteiger partial charge in [0.15, 0.2) is 11.6 Å². The third kappa shape index (κ3) is 1.70. The van der Waals surface area contributed by atoms with Crippen LogP contribution in [0.15, 0.2) is 12.1 Å². The third-order valence-electron chi connectivity index (χ3n) is 3.82. The van der Waals surface area contributed by atoms with Crippen LogP contribution >= 0.6 is 0 Å². The highest BCUT2D eigenvalue weighted by Crippen LogP contribution is 2.40. The second-order valence-electron chi connectivity index (χ2n) is 4.78. The summed E-state index contributed by atoms with van der Waals surface area (Å²) < 4.78 is 24.1. The second-order valence-corrected chi connectivity index (χ2v) is 4.78. The maximum Gasteiger partial charge on any atom is 0.167 e. The highest BCUT2D eigenvalue weighted by molar-refractivity contribution is 5.75. The van der Waals surface area contributed by atoms with Gasteiger partial charge in [0.05, 0.1) is 24.6 Å². The highest BCUT2D eigenvalue weighted by atomic mass is 19.1. The van der Waals surface area contributed by atoms with Crippen LogP contribution in [0.4, 0.5) is 15.8 Å². The van der Waals surface area contributed by atoms with Crippen LogP contribution in [0.25, 0.3) is 0 Å². The van der Waals surface area contributed by atoms with Gasteiger partial charge in [-0.3, -0.25) is 0 Å². The number of nitrogens with one attached hydrogen (secondary N) is 1. The number of hydrogen-bond acceptors (Lipinski definition) is 4. The van der Waals surface area contributed by atoms with Gasteiger partial charge in [-0.25, -0.2) is 4.39 Å². The van der Waals surface area contributed by atoms with Gasteiger partial charge in [0.1, 0.15) is 0 Å². The average molecular weight is 252 g/mol. The van der Waals surface area contributed by atoms with Crippen LogP contribution in [0.5, 0.6) is 5.75 Å². The number of hydrogen-bond donors (Lipinski definition) is 1. The number of benzene rings is 1. The molecule has 18 heavy (non-hydrogen) atoms. The fraction of sp³-hybridized carbons (Fsp3) is 0.538. The summed E-state index contributed by atoms with van der Waals surface area (Å²) in [5, 5.41) is 3.28. The Morgan fingerprint density at radius 1 is 1.39 bits per heavy atom. The van der Waals surface area contributed by atoms with Crippen LogP contribution in [-0.2, 0) is 4.74 Å². The lowest BCUT2D eigenvalue weighted by Crippen LogP contribution is -2.39. The largest absolute Gasteiger partial charge is 0.494 e. The van der Waals surface area contributed by atoms with Gasteiger partial charge < -0.3 is 19.7 Å². The predicted octanol–water partition coefficient (Wildman–Crippen LogP) is 1.85. The van der Waals surface area contributed by atoms with Gasteiger partial charge in [-0.05, 0) is 6.42 Å². The van der Waals surface area contributed by atoms with Crippen LogP contribution < -0.4 is 15.0 Å². The molecule has 1 aromatic carbocycles. The van der Waals surface area contributed by atoms with Gasteiger partial charge >= 0.3 is 0 Å². The molecule has 2 atom stereocenters. The van der Waals surface area contributed by atoms with Gasteiger partial charge in [0, 0.05) is 38.4 Å². The molecule has 98 valence electrons. The molecule has 0 bridgehead atoms. The molecular weight excluding hydrogens is 235 g/mol. The number of methoxy groups -OCH3 is 2. The first-order valence-electron chi connectivity index (χ1n) is 6.13. The summed E-state index contributed by atoms with van der Waals surface area (Å²) in [6, 6.07) is 3.68. The molecule has 0 saturated carbocycles. The average Bonchev–Trinajstić information content (AvgIpc) is 2.81. The fourth-order valence-corrected chi connectivity index (χ4v) is 2.84. The van der Waals surface area contributed by atoms with Gasteiger partial charge in [-0.15, -0.1) is 0 Å². The lowest BCUT2D eigenvalue weighted by Gasteiger charge is -2.34. The molecule has 4 nitrogen and oxygen atoms in total.